The highest BCUT2D eigenvalue weighted by molar-refractivity contribution is 14.1. The number of carbonyl (C=O) groups excluding carboxylic acids is 1. The molecule has 3 nitrogen and oxygen atoms in total. The number of allylic oxidation sites excluding steroid dienone is 1. The first-order chi connectivity index (χ1) is 8.56. The van der Waals surface area contributed by atoms with Crippen molar-refractivity contribution in [1.82, 2.24) is 0 Å². The van der Waals surface area contributed by atoms with Gasteiger partial charge in [-0.05, 0) is 36.8 Å². The van der Waals surface area contributed by atoms with E-state index in [0.29, 0.717) is 6.42 Å². The first-order valence-corrected chi connectivity index (χ1v) is 7.25. The van der Waals surface area contributed by atoms with Crippen LogP contribution in [0.4, 0.5) is 0 Å². The molecule has 0 aliphatic carbocycles. The van der Waals surface area contributed by atoms with Crippen LogP contribution in [0.25, 0.3) is 0 Å². The van der Waals surface area contributed by atoms with Crippen LogP contribution in [-0.4, -0.2) is 23.8 Å². The Labute approximate surface area is 122 Å². The molecule has 0 spiro atoms. The lowest BCUT2D eigenvalue weighted by Crippen LogP contribution is -2.08. The minimum Gasteiger partial charge on any atom is -0.454 e. The molecule has 0 saturated carbocycles. The monoisotopic (exact) mass is 362 g/mol. The molecule has 1 aliphatic rings. The molecule has 0 radical (unpaired) electrons. The van der Waals surface area contributed by atoms with Crippen molar-refractivity contribution in [2.45, 2.75) is 39.2 Å². The van der Waals surface area contributed by atoms with Crippen LogP contribution in [0.2, 0.25) is 0 Å². The lowest BCUT2D eigenvalue weighted by Gasteiger charge is -2.06. The molecule has 100 valence electrons. The Morgan fingerprint density at radius 3 is 2.83 bits per heavy atom. The van der Waals surface area contributed by atoms with Crippen molar-refractivity contribution in [3.63, 3.8) is 0 Å². The third kappa shape index (κ3) is 4.94. The maximum absolute atomic E-state index is 11.6. The van der Waals surface area contributed by atoms with Crippen molar-refractivity contribution in [2.24, 2.45) is 0 Å². The van der Waals surface area contributed by atoms with Crippen molar-refractivity contribution in [3.8, 4) is 0 Å². The van der Waals surface area contributed by atoms with Gasteiger partial charge in [0, 0.05) is 12.0 Å². The minimum absolute atomic E-state index is 0.0752. The van der Waals surface area contributed by atoms with Crippen LogP contribution in [0.3, 0.4) is 0 Å². The molecule has 0 saturated heterocycles. The quantitative estimate of drug-likeness (QED) is 0.448. The second kappa shape index (κ2) is 7.74. The highest BCUT2D eigenvalue weighted by Gasteiger charge is 2.24. The molecule has 1 N–H and O–H groups in total. The highest BCUT2D eigenvalue weighted by Crippen LogP contribution is 2.23. The van der Waals surface area contributed by atoms with Gasteiger partial charge in [-0.15, -0.1) is 0 Å². The number of ether oxygens (including phenoxy) is 1. The Morgan fingerprint density at radius 1 is 1.50 bits per heavy atom. The predicted molar refractivity (Wildman–Crippen MR) is 80.4 cm³/mol. The summed E-state index contributed by atoms with van der Waals surface area (Å²) in [5.74, 6) is -0.198. The fourth-order valence-electron chi connectivity index (χ4n) is 1.73. The number of rotatable bonds is 6. The molecule has 0 amide bonds. The number of aliphatic hydroxyl groups is 1. The molecule has 1 aliphatic heterocycles. The molecule has 1 atom stereocenters. The summed E-state index contributed by atoms with van der Waals surface area (Å²) in [6.07, 6.45) is 5.98. The minimum atomic E-state index is -0.198. The molecule has 1 heterocycles. The van der Waals surface area contributed by atoms with Gasteiger partial charge in [-0.3, -0.25) is 0 Å². The van der Waals surface area contributed by atoms with Crippen LogP contribution in [0.1, 0.15) is 33.1 Å². The van der Waals surface area contributed by atoms with E-state index in [-0.39, 0.29) is 18.7 Å². The first kappa shape index (κ1) is 15.4. The fraction of sp³-hybridized carbons (Fsp3) is 0.500. The Morgan fingerprint density at radius 2 is 2.22 bits per heavy atom. The third-order valence-corrected chi connectivity index (χ3v) is 3.84. The van der Waals surface area contributed by atoms with Gasteiger partial charge in [0.25, 0.3) is 0 Å². The predicted octanol–water partition coefficient (Wildman–Crippen LogP) is 3.29. The standard InChI is InChI=1S/C14H19IO3/c1-10(9-16)4-3-5-12-7-13(18-14(12)17)6-11(2)8-15/h4,7-8,13,16H,3,5-6,9H2,1-2H3/b10-4+,11-8-. The van der Waals surface area contributed by atoms with Crippen LogP contribution in [0.5, 0.6) is 0 Å². The molecule has 1 unspecified atom stereocenters. The van der Waals surface area contributed by atoms with Crippen LogP contribution in [-0.2, 0) is 9.53 Å². The summed E-state index contributed by atoms with van der Waals surface area (Å²) in [4.78, 5) is 11.6. The van der Waals surface area contributed by atoms with Gasteiger partial charge in [-0.25, -0.2) is 4.79 Å². The van der Waals surface area contributed by atoms with Crippen molar-refractivity contribution >= 4 is 28.6 Å². The van der Waals surface area contributed by atoms with E-state index in [2.05, 4.69) is 22.6 Å². The summed E-state index contributed by atoms with van der Waals surface area (Å²) >= 11 is 2.19. The molecule has 18 heavy (non-hydrogen) atoms. The number of carbonyl (C=O) groups is 1. The zero-order chi connectivity index (χ0) is 13.5. The van der Waals surface area contributed by atoms with Gasteiger partial charge in [0.1, 0.15) is 6.10 Å². The Hall–Kier alpha value is -0.620. The summed E-state index contributed by atoms with van der Waals surface area (Å²) in [6.45, 7) is 3.98. The van der Waals surface area contributed by atoms with Gasteiger partial charge in [-0.1, -0.05) is 39.8 Å². The normalized spacial score (nSPS) is 21.0. The van der Waals surface area contributed by atoms with Crippen LogP contribution in [0, 0.1) is 0 Å². The number of hydrogen-bond acceptors (Lipinski definition) is 3. The van der Waals surface area contributed by atoms with Crippen LogP contribution in [0.15, 0.2) is 33.0 Å². The van der Waals surface area contributed by atoms with Crippen molar-refractivity contribution in [1.29, 1.82) is 0 Å². The molecular formula is C14H19IO3. The van der Waals surface area contributed by atoms with Crippen molar-refractivity contribution < 1.29 is 14.6 Å². The zero-order valence-corrected chi connectivity index (χ0v) is 12.9. The molecule has 0 bridgehead atoms. The first-order valence-electron chi connectivity index (χ1n) is 6.00. The molecule has 0 aromatic carbocycles. The Balaban J connectivity index is 2.50. The molecule has 0 fully saturated rings. The molecule has 0 aromatic rings. The van der Waals surface area contributed by atoms with E-state index in [4.69, 9.17) is 9.84 Å². The molecular weight excluding hydrogens is 343 g/mol. The van der Waals surface area contributed by atoms with E-state index >= 15 is 0 Å². The molecule has 0 aromatic heterocycles. The maximum Gasteiger partial charge on any atom is 0.334 e. The molecule has 4 heteroatoms. The average Bonchev–Trinajstić information content (AvgIpc) is 2.69. The summed E-state index contributed by atoms with van der Waals surface area (Å²) in [6, 6.07) is 0. The lowest BCUT2D eigenvalue weighted by atomic mass is 10.1. The summed E-state index contributed by atoms with van der Waals surface area (Å²) in [5, 5.41) is 8.87. The number of halogens is 1. The average molecular weight is 362 g/mol. The lowest BCUT2D eigenvalue weighted by molar-refractivity contribution is -0.139. The Bertz CT molecular complexity index is 394. The van der Waals surface area contributed by atoms with Crippen LogP contribution >= 0.6 is 22.6 Å². The Kier molecular flexibility index (Phi) is 6.63. The van der Waals surface area contributed by atoms with Gasteiger partial charge in [0.15, 0.2) is 0 Å². The van der Waals surface area contributed by atoms with Gasteiger partial charge in [0.05, 0.1) is 6.61 Å². The van der Waals surface area contributed by atoms with E-state index in [1.807, 2.05) is 30.1 Å². The second-order valence-electron chi connectivity index (χ2n) is 4.54. The van der Waals surface area contributed by atoms with Crippen molar-refractivity contribution in [2.75, 3.05) is 6.61 Å². The highest BCUT2D eigenvalue weighted by atomic mass is 127. The topological polar surface area (TPSA) is 46.5 Å². The summed E-state index contributed by atoms with van der Waals surface area (Å²) < 4.78 is 7.29. The number of aliphatic hydroxyl groups excluding tert-OH is 1. The van der Waals surface area contributed by atoms with E-state index in [1.54, 1.807) is 0 Å². The fourth-order valence-corrected chi connectivity index (χ4v) is 1.98. The second-order valence-corrected chi connectivity index (χ2v) is 5.17. The van der Waals surface area contributed by atoms with E-state index in [1.165, 1.54) is 5.57 Å². The SMILES string of the molecule is C/C(=C/I)CC1C=C(CC/C=C(\C)CO)C(=O)O1. The summed E-state index contributed by atoms with van der Waals surface area (Å²) in [7, 11) is 0. The van der Waals surface area contributed by atoms with E-state index < -0.39 is 0 Å². The number of cyclic esters (lactones) is 1. The zero-order valence-electron chi connectivity index (χ0n) is 10.8. The van der Waals surface area contributed by atoms with E-state index in [0.717, 1.165) is 24.0 Å². The van der Waals surface area contributed by atoms with Crippen molar-refractivity contribution in [3.05, 3.63) is 33.0 Å². The van der Waals surface area contributed by atoms with E-state index in [9.17, 15) is 4.79 Å². The summed E-state index contributed by atoms with van der Waals surface area (Å²) in [5.41, 5.74) is 2.90. The van der Waals surface area contributed by atoms with Crippen LogP contribution < -0.4 is 0 Å². The number of esters is 1. The van der Waals surface area contributed by atoms with Gasteiger partial charge < -0.3 is 9.84 Å². The van der Waals surface area contributed by atoms with Gasteiger partial charge >= 0.3 is 5.97 Å². The smallest absolute Gasteiger partial charge is 0.334 e. The third-order valence-electron chi connectivity index (χ3n) is 2.77. The maximum atomic E-state index is 11.6. The number of hydrogen-bond donors (Lipinski definition) is 1. The largest absolute Gasteiger partial charge is 0.454 e. The van der Waals surface area contributed by atoms with Gasteiger partial charge in [-0.2, -0.15) is 0 Å². The molecule has 1 rings (SSSR count). The van der Waals surface area contributed by atoms with Gasteiger partial charge in [0.2, 0.25) is 0 Å².